The molecule has 1 fully saturated rings. The summed E-state index contributed by atoms with van der Waals surface area (Å²) in [4.78, 5) is 2.11. The molecule has 0 spiro atoms. The van der Waals surface area contributed by atoms with Gasteiger partial charge in [-0.3, -0.25) is 0 Å². The summed E-state index contributed by atoms with van der Waals surface area (Å²) in [5.74, 6) is -5.94. The summed E-state index contributed by atoms with van der Waals surface area (Å²) in [5.41, 5.74) is 17.3. The fourth-order valence-electron chi connectivity index (χ4n) is 15.0. The highest BCUT2D eigenvalue weighted by Gasteiger charge is 2.52. The molecule has 0 amide bonds. The molecule has 1 saturated heterocycles. The fourth-order valence-corrected chi connectivity index (χ4v) is 15.0. The van der Waals surface area contributed by atoms with Crippen LogP contribution < -0.4 is 15.8 Å². The Morgan fingerprint density at radius 1 is 0.449 bits per heavy atom. The van der Waals surface area contributed by atoms with Gasteiger partial charge in [-0.1, -0.05) is 34.5 Å². The molecule has 0 saturated carbocycles. The van der Waals surface area contributed by atoms with E-state index < -0.39 is 46.3 Å². The van der Waals surface area contributed by atoms with Crippen LogP contribution in [0.4, 0.5) is 5.69 Å². The van der Waals surface area contributed by atoms with Gasteiger partial charge in [-0.2, -0.15) is 0 Å². The van der Waals surface area contributed by atoms with Gasteiger partial charge in [-0.25, -0.2) is 0 Å². The summed E-state index contributed by atoms with van der Waals surface area (Å²) in [5, 5.41) is 130. The minimum atomic E-state index is -0.859. The van der Waals surface area contributed by atoms with Crippen molar-refractivity contribution in [3.05, 3.63) is 128 Å². The molecule has 3 heterocycles. The number of furan rings is 1. The molecule has 0 bridgehead atoms. The van der Waals surface area contributed by atoms with Crippen LogP contribution in [0.3, 0.4) is 0 Å². The van der Waals surface area contributed by atoms with Crippen LogP contribution in [0.25, 0.3) is 44.2 Å². The molecule has 13 rings (SSSR count). The highest BCUT2D eigenvalue weighted by atomic mass is 16.4. The van der Waals surface area contributed by atoms with Crippen LogP contribution in [0.2, 0.25) is 0 Å². The molecule has 3 atom stereocenters. The number of nitrogens with zero attached hydrogens (tertiary/aromatic N) is 1. The maximum Gasteiger partial charge on any atom is 0.205 e. The molecule has 13 nitrogen and oxygen atoms in total. The lowest BCUT2D eigenvalue weighted by Crippen LogP contribution is -2.44. The van der Waals surface area contributed by atoms with E-state index in [2.05, 4.69) is 19.1 Å². The molecule has 3 unspecified atom stereocenters. The van der Waals surface area contributed by atoms with Gasteiger partial charge in [0.15, 0.2) is 35.9 Å². The van der Waals surface area contributed by atoms with Crippen LogP contribution >= 0.6 is 0 Å². The smallest absolute Gasteiger partial charge is 0.205 e. The molecule has 78 heavy (non-hydrogen) atoms. The molecule has 6 aliphatic rings. The topological polar surface area (TPSA) is 239 Å². The van der Waals surface area contributed by atoms with E-state index in [9.17, 15) is 56.2 Å². The van der Waals surface area contributed by atoms with Crippen molar-refractivity contribution < 1.29 is 60.6 Å². The molecular formula is C62H55B3NO12. The number of fused-ring (bicyclic) bond motifs is 10. The molecule has 2 aliphatic heterocycles. The quantitative estimate of drug-likeness (QED) is 0.0572. The first-order valence-corrected chi connectivity index (χ1v) is 26.2. The van der Waals surface area contributed by atoms with Crippen molar-refractivity contribution in [3.8, 4) is 79.7 Å². The first kappa shape index (κ1) is 49.4. The normalized spacial score (nSPS) is 18.9. The van der Waals surface area contributed by atoms with Crippen molar-refractivity contribution in [1.82, 2.24) is 0 Å². The lowest BCUT2D eigenvalue weighted by atomic mass is 9.48. The highest BCUT2D eigenvalue weighted by Crippen LogP contribution is 2.65. The Morgan fingerprint density at radius 3 is 1.77 bits per heavy atom. The minimum absolute atomic E-state index is 0.0192. The summed E-state index contributed by atoms with van der Waals surface area (Å²) in [6.45, 7) is 21.0. The average Bonchev–Trinajstić information content (AvgIpc) is 2.68. The Kier molecular flexibility index (Phi) is 9.99. The first-order chi connectivity index (χ1) is 36.8. The number of phenols is 10. The van der Waals surface area contributed by atoms with Crippen LogP contribution in [0.1, 0.15) is 116 Å². The number of rotatable bonds is 2. The number of aryl methyl sites for hydroxylation is 1. The second-order valence-electron chi connectivity index (χ2n) is 22.8. The van der Waals surface area contributed by atoms with Crippen LogP contribution in [-0.2, 0) is 19.3 Å². The maximum absolute atomic E-state index is 13.2. The summed E-state index contributed by atoms with van der Waals surface area (Å²) < 4.78 is 6.63. The number of allylic oxidation sites excluding steroid dienone is 6. The number of benzene rings is 6. The first-order valence-electron chi connectivity index (χ1n) is 26.2. The Morgan fingerprint density at radius 2 is 1.08 bits per heavy atom. The largest absolute Gasteiger partial charge is 0.510 e. The van der Waals surface area contributed by atoms with Gasteiger partial charge >= 0.3 is 0 Å². The fraction of sp³-hybridized carbons (Fsp3) is 0.290. The van der Waals surface area contributed by atoms with Crippen molar-refractivity contribution in [2.45, 2.75) is 114 Å². The zero-order chi connectivity index (χ0) is 56.0. The number of anilines is 1. The third-order valence-electron chi connectivity index (χ3n) is 19.5. The third-order valence-corrected chi connectivity index (χ3v) is 19.5. The van der Waals surface area contributed by atoms with E-state index in [1.54, 1.807) is 13.8 Å². The third kappa shape index (κ3) is 5.65. The molecular weight excluding hydrogens is 983 g/mol. The van der Waals surface area contributed by atoms with E-state index in [0.29, 0.717) is 66.8 Å². The monoisotopic (exact) mass is 1040 g/mol. The van der Waals surface area contributed by atoms with E-state index in [1.807, 2.05) is 55.4 Å². The van der Waals surface area contributed by atoms with Gasteiger partial charge in [0.05, 0.1) is 11.4 Å². The molecule has 16 heteroatoms. The molecule has 1 aromatic heterocycles. The molecule has 389 valence electrons. The molecule has 5 radical (unpaired) electrons. The van der Waals surface area contributed by atoms with Gasteiger partial charge in [0.25, 0.3) is 0 Å². The predicted molar refractivity (Wildman–Crippen MR) is 302 cm³/mol. The van der Waals surface area contributed by atoms with Crippen molar-refractivity contribution in [1.29, 1.82) is 0 Å². The molecule has 6 aromatic carbocycles. The van der Waals surface area contributed by atoms with E-state index >= 15 is 0 Å². The highest BCUT2D eigenvalue weighted by molar-refractivity contribution is 6.59. The van der Waals surface area contributed by atoms with Crippen LogP contribution in [0, 0.1) is 68.2 Å². The number of hydrogen-bond donors (Lipinski definition) is 11. The average molecular weight is 1040 g/mol. The number of hydrogen-bond acceptors (Lipinski definition) is 13. The Bertz CT molecular complexity index is 4250. The van der Waals surface area contributed by atoms with Crippen LogP contribution in [0.5, 0.6) is 57.5 Å². The Hall–Kier alpha value is -8.13. The molecule has 11 N–H and O–H groups in total. The number of aliphatic hydroxyl groups is 1. The van der Waals surface area contributed by atoms with Crippen molar-refractivity contribution >= 4 is 61.5 Å². The summed E-state index contributed by atoms with van der Waals surface area (Å²) in [6, 6.07) is 0. The minimum Gasteiger partial charge on any atom is -0.510 e. The predicted octanol–water partition coefficient (Wildman–Crippen LogP) is 10.1. The van der Waals surface area contributed by atoms with Crippen molar-refractivity contribution in [2.24, 2.45) is 5.92 Å². The zero-order valence-corrected chi connectivity index (χ0v) is 45.1. The Labute approximate surface area is 452 Å². The second kappa shape index (κ2) is 15.8. The number of phenolic OH excluding ortho intramolecular Hbond substituents is 10. The van der Waals surface area contributed by atoms with Crippen molar-refractivity contribution in [2.75, 3.05) is 4.90 Å². The lowest BCUT2D eigenvalue weighted by Gasteiger charge is -2.50. The van der Waals surface area contributed by atoms with Crippen LogP contribution in [0.15, 0.2) is 49.2 Å². The molecule has 7 aromatic rings. The number of aromatic hydroxyl groups is 10. The zero-order valence-electron chi connectivity index (χ0n) is 45.1. The maximum atomic E-state index is 13.2. The summed E-state index contributed by atoms with van der Waals surface area (Å²) in [6.07, 6.45) is 0.295. The summed E-state index contributed by atoms with van der Waals surface area (Å²) >= 11 is 0. The van der Waals surface area contributed by atoms with Crippen molar-refractivity contribution in [3.63, 3.8) is 0 Å². The second-order valence-corrected chi connectivity index (χ2v) is 22.8. The van der Waals surface area contributed by atoms with Gasteiger partial charge in [0.2, 0.25) is 11.5 Å². The van der Waals surface area contributed by atoms with Gasteiger partial charge < -0.3 is 65.5 Å². The van der Waals surface area contributed by atoms with Gasteiger partial charge in [0, 0.05) is 75.4 Å². The standard InChI is InChI=1S/C62H55B3NO12/c1-16-17(2)35(23(8)51(68)20(16)5)38-18(3)19(4)48-33(54(38)71)12-28-21(6)36-30(47-49(28)66(48)50-34(67)15-27(22(7)46(50)65-47)42-44(63)25(10)52(69)26(11)53(42)70)13-29-37(36)24(9)61-43-39(29)40-31(55(72)58(75)57(74)45(40)64)14-32-41(43)62(78-61)60(77)59(76)56(32)73/h21,27,36,67-77H,12-15H2,1-11H3. The van der Waals surface area contributed by atoms with E-state index in [1.165, 1.54) is 0 Å². The van der Waals surface area contributed by atoms with Gasteiger partial charge in [-0.05, 0) is 171 Å². The van der Waals surface area contributed by atoms with E-state index in [4.69, 9.17) is 20.1 Å². The number of aliphatic hydroxyl groups excluding tert-OH is 1. The van der Waals surface area contributed by atoms with Crippen LogP contribution in [-0.4, -0.2) is 79.1 Å². The van der Waals surface area contributed by atoms with Gasteiger partial charge in [-0.15, -0.1) is 0 Å². The lowest BCUT2D eigenvalue weighted by molar-refractivity contribution is 0.363. The Balaban J connectivity index is 1.14. The SMILES string of the molecule is [B]c1c(O)c(O)c(O)c2c1-c1c3c(c(C)c4oc5c(O)c(O)c(O)c(c5c14)C2)C1C(=C2[B]C4=C(C)C(c5c([B])c(C)c(O)c(C)c5O)CC(O)=C4N4C2=C(Cc2c(O)c(-c5c(C)c(C)c(C)c(O)c5C)c(C)c(C)c24)C1C)C3. The molecule has 4 aliphatic carbocycles. The van der Waals surface area contributed by atoms with E-state index in [0.717, 1.165) is 72.4 Å². The van der Waals surface area contributed by atoms with Gasteiger partial charge in [0.1, 0.15) is 50.0 Å². The van der Waals surface area contributed by atoms with E-state index in [-0.39, 0.29) is 105 Å². The summed E-state index contributed by atoms with van der Waals surface area (Å²) in [7, 11) is 15.8.